The molecule has 1 aliphatic rings. The van der Waals surface area contributed by atoms with Crippen molar-refractivity contribution in [3.8, 4) is 0 Å². The molecule has 0 spiro atoms. The van der Waals surface area contributed by atoms with E-state index in [9.17, 15) is 13.2 Å². The number of benzene rings is 1. The number of hydrogen-bond donors (Lipinski definition) is 1. The zero-order valence-electron chi connectivity index (χ0n) is 14.7. The average molecular weight is 376 g/mol. The molecule has 3 heterocycles. The number of piperidine rings is 1. The van der Waals surface area contributed by atoms with Gasteiger partial charge in [0, 0.05) is 30.9 Å². The molecule has 0 unspecified atom stereocenters. The van der Waals surface area contributed by atoms with Gasteiger partial charge in [-0.05, 0) is 37.5 Å². The predicted molar refractivity (Wildman–Crippen MR) is 95.8 cm³/mol. The molecule has 27 heavy (non-hydrogen) atoms. The Morgan fingerprint density at radius 2 is 1.93 bits per heavy atom. The summed E-state index contributed by atoms with van der Waals surface area (Å²) in [6.45, 7) is 3.29. The van der Waals surface area contributed by atoms with Crippen LogP contribution in [0.5, 0.6) is 0 Å². The Labute approximate surface area is 154 Å². The maximum absolute atomic E-state index is 13.2. The van der Waals surface area contributed by atoms with Gasteiger partial charge in [0.1, 0.15) is 12.1 Å². The second-order valence-corrected chi connectivity index (χ2v) is 6.74. The third kappa shape index (κ3) is 3.67. The fraction of sp³-hybridized carbons (Fsp3) is 0.389. The number of aromatic nitrogens is 4. The summed E-state index contributed by atoms with van der Waals surface area (Å²) in [6, 6.07) is 9.48. The number of fused-ring (bicyclic) bond motifs is 1. The van der Waals surface area contributed by atoms with E-state index in [4.69, 9.17) is 0 Å². The van der Waals surface area contributed by atoms with Gasteiger partial charge >= 0.3 is 6.18 Å². The summed E-state index contributed by atoms with van der Waals surface area (Å²) in [5.74, 6) is 0.332. The van der Waals surface area contributed by atoms with Crippen molar-refractivity contribution >= 4 is 17.3 Å². The van der Waals surface area contributed by atoms with E-state index in [0.29, 0.717) is 18.9 Å². The molecule has 6 nitrogen and oxygen atoms in total. The predicted octanol–water partition coefficient (Wildman–Crippen LogP) is 3.53. The molecule has 9 heteroatoms. The Morgan fingerprint density at radius 3 is 2.63 bits per heavy atom. The molecule has 0 radical (unpaired) electrons. The van der Waals surface area contributed by atoms with Crippen LogP contribution >= 0.6 is 0 Å². The Bertz CT molecular complexity index is 944. The lowest BCUT2D eigenvalue weighted by atomic mass is 10.0. The fourth-order valence-corrected chi connectivity index (χ4v) is 3.39. The molecule has 0 aliphatic carbocycles. The van der Waals surface area contributed by atoms with Gasteiger partial charge in [0.05, 0.1) is 0 Å². The summed E-state index contributed by atoms with van der Waals surface area (Å²) in [5.41, 5.74) is 1.30. The number of hydrogen-bond acceptors (Lipinski definition) is 5. The molecule has 2 aromatic heterocycles. The molecule has 0 atom stereocenters. The normalized spacial score (nSPS) is 16.1. The second-order valence-electron chi connectivity index (χ2n) is 6.74. The third-order valence-corrected chi connectivity index (χ3v) is 4.73. The Kier molecular flexibility index (Phi) is 4.37. The van der Waals surface area contributed by atoms with E-state index in [1.54, 1.807) is 0 Å². The van der Waals surface area contributed by atoms with E-state index < -0.39 is 11.9 Å². The molecule has 0 amide bonds. The first kappa shape index (κ1) is 17.6. The molecule has 1 saturated heterocycles. The fourth-order valence-electron chi connectivity index (χ4n) is 3.39. The van der Waals surface area contributed by atoms with Gasteiger partial charge in [-0.25, -0.2) is 4.98 Å². The van der Waals surface area contributed by atoms with Crippen LogP contribution in [0, 0.1) is 6.92 Å². The van der Waals surface area contributed by atoms with Crippen molar-refractivity contribution < 1.29 is 13.2 Å². The molecule has 0 saturated carbocycles. The minimum absolute atomic E-state index is 0.0418. The van der Waals surface area contributed by atoms with Gasteiger partial charge < -0.3 is 10.2 Å². The standard InChI is InChI=1S/C18H19F3N6/c1-12-3-2-4-14(9-12)24-13-5-7-26(8-6-13)16-10-15(18(19,20)21)25-17-22-11-23-27(16)17/h2-4,9-11,13,24H,5-8H2,1H3. The quantitative estimate of drug-likeness (QED) is 0.758. The number of aryl methyl sites for hydroxylation is 1. The summed E-state index contributed by atoms with van der Waals surface area (Å²) in [4.78, 5) is 9.31. The Hall–Kier alpha value is -2.84. The smallest absolute Gasteiger partial charge is 0.382 e. The summed E-state index contributed by atoms with van der Waals surface area (Å²) >= 11 is 0. The van der Waals surface area contributed by atoms with E-state index in [1.807, 2.05) is 30.0 Å². The van der Waals surface area contributed by atoms with Crippen LogP contribution < -0.4 is 10.2 Å². The van der Waals surface area contributed by atoms with Crippen LogP contribution in [0.2, 0.25) is 0 Å². The first-order valence-electron chi connectivity index (χ1n) is 8.76. The molecule has 4 rings (SSSR count). The lowest BCUT2D eigenvalue weighted by molar-refractivity contribution is -0.141. The summed E-state index contributed by atoms with van der Waals surface area (Å²) in [6.07, 6.45) is -1.67. The first-order chi connectivity index (χ1) is 12.9. The van der Waals surface area contributed by atoms with Crippen molar-refractivity contribution in [1.82, 2.24) is 19.6 Å². The molecular weight excluding hydrogens is 357 g/mol. The van der Waals surface area contributed by atoms with Crippen molar-refractivity contribution in [1.29, 1.82) is 0 Å². The minimum atomic E-state index is -4.52. The Morgan fingerprint density at radius 1 is 1.15 bits per heavy atom. The number of halogens is 3. The van der Waals surface area contributed by atoms with Gasteiger partial charge in [0.25, 0.3) is 5.78 Å². The number of rotatable bonds is 3. The number of nitrogens with zero attached hydrogens (tertiary/aromatic N) is 5. The highest BCUT2D eigenvalue weighted by Gasteiger charge is 2.35. The van der Waals surface area contributed by atoms with Crippen molar-refractivity contribution in [2.24, 2.45) is 0 Å². The molecule has 0 bridgehead atoms. The van der Waals surface area contributed by atoms with Crippen molar-refractivity contribution in [2.45, 2.75) is 32.0 Å². The van der Waals surface area contributed by atoms with Gasteiger partial charge in [-0.3, -0.25) is 0 Å². The molecule has 1 N–H and O–H groups in total. The van der Waals surface area contributed by atoms with Crippen LogP contribution in [0.15, 0.2) is 36.7 Å². The van der Waals surface area contributed by atoms with Gasteiger partial charge in [-0.15, -0.1) is 0 Å². The molecule has 1 aliphatic heterocycles. The average Bonchev–Trinajstić information content (AvgIpc) is 3.10. The van der Waals surface area contributed by atoms with Crippen LogP contribution in [-0.4, -0.2) is 38.7 Å². The zero-order valence-corrected chi connectivity index (χ0v) is 14.7. The van der Waals surface area contributed by atoms with Crippen LogP contribution in [0.4, 0.5) is 24.7 Å². The van der Waals surface area contributed by atoms with Gasteiger partial charge in [0.15, 0.2) is 5.69 Å². The monoisotopic (exact) mass is 376 g/mol. The van der Waals surface area contributed by atoms with Crippen LogP contribution in [-0.2, 0) is 6.18 Å². The van der Waals surface area contributed by atoms with E-state index in [1.165, 1.54) is 16.4 Å². The first-order valence-corrected chi connectivity index (χ1v) is 8.76. The van der Waals surface area contributed by atoms with Gasteiger partial charge in [0.2, 0.25) is 0 Å². The highest BCUT2D eigenvalue weighted by Crippen LogP contribution is 2.31. The maximum atomic E-state index is 13.2. The Balaban J connectivity index is 1.52. The van der Waals surface area contributed by atoms with Crippen LogP contribution in [0.1, 0.15) is 24.1 Å². The zero-order chi connectivity index (χ0) is 19.0. The number of alkyl halides is 3. The highest BCUT2D eigenvalue weighted by atomic mass is 19.4. The van der Waals surface area contributed by atoms with E-state index >= 15 is 0 Å². The lowest BCUT2D eigenvalue weighted by Crippen LogP contribution is -2.40. The largest absolute Gasteiger partial charge is 0.433 e. The molecule has 1 fully saturated rings. The van der Waals surface area contributed by atoms with Crippen molar-refractivity contribution in [3.63, 3.8) is 0 Å². The summed E-state index contributed by atoms with van der Waals surface area (Å²) < 4.78 is 40.8. The van der Waals surface area contributed by atoms with Crippen LogP contribution in [0.25, 0.3) is 5.78 Å². The molecular formula is C18H19F3N6. The lowest BCUT2D eigenvalue weighted by Gasteiger charge is -2.34. The third-order valence-electron chi connectivity index (χ3n) is 4.73. The molecule has 3 aromatic rings. The molecule has 1 aromatic carbocycles. The van der Waals surface area contributed by atoms with Crippen LogP contribution in [0.3, 0.4) is 0 Å². The van der Waals surface area contributed by atoms with Gasteiger partial charge in [-0.2, -0.15) is 27.8 Å². The highest BCUT2D eigenvalue weighted by molar-refractivity contribution is 5.49. The number of anilines is 2. The summed E-state index contributed by atoms with van der Waals surface area (Å²) in [5, 5.41) is 7.54. The number of nitrogens with one attached hydrogen (secondary N) is 1. The topological polar surface area (TPSA) is 58.3 Å². The van der Waals surface area contributed by atoms with E-state index in [2.05, 4.69) is 26.4 Å². The summed E-state index contributed by atoms with van der Waals surface area (Å²) in [7, 11) is 0. The minimum Gasteiger partial charge on any atom is -0.382 e. The van der Waals surface area contributed by atoms with Crippen molar-refractivity contribution in [2.75, 3.05) is 23.3 Å². The second kappa shape index (κ2) is 6.71. The van der Waals surface area contributed by atoms with Gasteiger partial charge in [-0.1, -0.05) is 12.1 Å². The SMILES string of the molecule is Cc1cccc(NC2CCN(c3cc(C(F)(F)F)nc4ncnn34)CC2)c1. The van der Waals surface area contributed by atoms with E-state index in [0.717, 1.165) is 24.6 Å². The molecule has 142 valence electrons. The van der Waals surface area contributed by atoms with Crippen molar-refractivity contribution in [3.05, 3.63) is 47.9 Å². The maximum Gasteiger partial charge on any atom is 0.433 e. The van der Waals surface area contributed by atoms with E-state index in [-0.39, 0.29) is 11.8 Å².